The minimum absolute atomic E-state index is 0.128. The van der Waals surface area contributed by atoms with E-state index in [1.165, 1.54) is 24.4 Å². The molecule has 5 nitrogen and oxygen atoms in total. The van der Waals surface area contributed by atoms with Crippen molar-refractivity contribution in [2.75, 3.05) is 18.4 Å². The fourth-order valence-corrected chi connectivity index (χ4v) is 3.00. The highest BCUT2D eigenvalue weighted by Gasteiger charge is 2.23. The van der Waals surface area contributed by atoms with E-state index in [9.17, 15) is 18.4 Å². The summed E-state index contributed by atoms with van der Waals surface area (Å²) in [6.07, 6.45) is 3.43. The van der Waals surface area contributed by atoms with Crippen molar-refractivity contribution in [1.82, 2.24) is 9.88 Å². The molecule has 7 heteroatoms. The molecule has 0 saturated carbocycles. The lowest BCUT2D eigenvalue weighted by Crippen LogP contribution is -2.39. The highest BCUT2D eigenvalue weighted by atomic mass is 19.2. The van der Waals surface area contributed by atoms with Crippen molar-refractivity contribution in [3.05, 3.63) is 59.4 Å². The lowest BCUT2D eigenvalue weighted by Gasteiger charge is -2.30. The van der Waals surface area contributed by atoms with Crippen molar-refractivity contribution in [2.45, 2.75) is 19.8 Å². The van der Waals surface area contributed by atoms with Crippen LogP contribution in [0.2, 0.25) is 0 Å². The molecule has 0 bridgehead atoms. The van der Waals surface area contributed by atoms with E-state index in [1.54, 1.807) is 4.90 Å². The lowest BCUT2D eigenvalue weighted by atomic mass is 10.00. The molecule has 1 N–H and O–H groups in total. The number of carbonyl (C=O) groups excluding carboxylic acids is 2. The first-order valence-corrected chi connectivity index (χ1v) is 8.46. The van der Waals surface area contributed by atoms with Gasteiger partial charge in [0.2, 0.25) is 0 Å². The number of piperidine rings is 1. The quantitative estimate of drug-likeness (QED) is 0.913. The van der Waals surface area contributed by atoms with Crippen LogP contribution in [-0.2, 0) is 0 Å². The van der Waals surface area contributed by atoms with Crippen LogP contribution in [0, 0.1) is 17.6 Å². The Hall–Kier alpha value is -2.83. The minimum Gasteiger partial charge on any atom is -0.337 e. The number of pyridine rings is 1. The number of amides is 2. The summed E-state index contributed by atoms with van der Waals surface area (Å²) in [5.41, 5.74) is 0.540. The standard InChI is InChI=1S/C19H19F2N3O2/c1-12-3-2-8-24(11-12)19(26)17-9-13(6-7-22-17)18(25)23-14-4-5-15(20)16(21)10-14/h4-7,9-10,12H,2-3,8,11H2,1H3,(H,23,25). The van der Waals surface area contributed by atoms with Crippen LogP contribution >= 0.6 is 0 Å². The van der Waals surface area contributed by atoms with Crippen molar-refractivity contribution in [1.29, 1.82) is 0 Å². The average Bonchev–Trinajstić information content (AvgIpc) is 2.64. The predicted octanol–water partition coefficient (Wildman–Crippen LogP) is 3.48. The molecule has 26 heavy (non-hydrogen) atoms. The molecular formula is C19H19F2N3O2. The van der Waals surface area contributed by atoms with E-state index in [0.717, 1.165) is 25.0 Å². The van der Waals surface area contributed by atoms with Gasteiger partial charge in [-0.3, -0.25) is 14.6 Å². The van der Waals surface area contributed by atoms with Crippen molar-refractivity contribution in [2.24, 2.45) is 5.92 Å². The molecule has 2 aromatic rings. The number of hydrogen-bond donors (Lipinski definition) is 1. The fourth-order valence-electron chi connectivity index (χ4n) is 3.00. The molecule has 1 aromatic heterocycles. The van der Waals surface area contributed by atoms with E-state index in [-0.39, 0.29) is 22.9 Å². The third kappa shape index (κ3) is 4.04. The maximum Gasteiger partial charge on any atom is 0.272 e. The lowest BCUT2D eigenvalue weighted by molar-refractivity contribution is 0.0677. The molecule has 0 radical (unpaired) electrons. The van der Waals surface area contributed by atoms with Gasteiger partial charge in [0.15, 0.2) is 11.6 Å². The van der Waals surface area contributed by atoms with Gasteiger partial charge in [0.05, 0.1) is 0 Å². The first-order valence-electron chi connectivity index (χ1n) is 8.46. The van der Waals surface area contributed by atoms with Crippen molar-refractivity contribution >= 4 is 17.5 Å². The summed E-state index contributed by atoms with van der Waals surface area (Å²) in [6.45, 7) is 3.44. The van der Waals surface area contributed by atoms with Crippen molar-refractivity contribution < 1.29 is 18.4 Å². The largest absolute Gasteiger partial charge is 0.337 e. The summed E-state index contributed by atoms with van der Waals surface area (Å²) < 4.78 is 26.2. The van der Waals surface area contributed by atoms with Crippen LogP contribution < -0.4 is 5.32 Å². The third-order valence-corrected chi connectivity index (χ3v) is 4.36. The van der Waals surface area contributed by atoms with Crippen LogP contribution in [0.25, 0.3) is 0 Å². The summed E-state index contributed by atoms with van der Waals surface area (Å²) in [5, 5.41) is 2.48. The monoisotopic (exact) mass is 359 g/mol. The SMILES string of the molecule is CC1CCCN(C(=O)c2cc(C(=O)Nc3ccc(F)c(F)c3)ccn2)C1. The van der Waals surface area contributed by atoms with E-state index < -0.39 is 17.5 Å². The second-order valence-corrected chi connectivity index (χ2v) is 6.51. The molecule has 2 heterocycles. The summed E-state index contributed by atoms with van der Waals surface area (Å²) in [4.78, 5) is 30.8. The Morgan fingerprint density at radius 2 is 2.00 bits per heavy atom. The van der Waals surface area contributed by atoms with Gasteiger partial charge in [0, 0.05) is 36.6 Å². The summed E-state index contributed by atoms with van der Waals surface area (Å²) in [7, 11) is 0. The van der Waals surface area contributed by atoms with Crippen LogP contribution in [-0.4, -0.2) is 34.8 Å². The molecule has 3 rings (SSSR count). The van der Waals surface area contributed by atoms with E-state index in [2.05, 4.69) is 17.2 Å². The van der Waals surface area contributed by atoms with Gasteiger partial charge in [-0.25, -0.2) is 8.78 Å². The fraction of sp³-hybridized carbons (Fsp3) is 0.316. The Balaban J connectivity index is 1.74. The number of anilines is 1. The van der Waals surface area contributed by atoms with Crippen LogP contribution in [0.15, 0.2) is 36.5 Å². The van der Waals surface area contributed by atoms with Crippen molar-refractivity contribution in [3.8, 4) is 0 Å². The molecule has 1 aliphatic heterocycles. The van der Waals surface area contributed by atoms with Crippen LogP contribution in [0.4, 0.5) is 14.5 Å². The second-order valence-electron chi connectivity index (χ2n) is 6.51. The number of rotatable bonds is 3. The Morgan fingerprint density at radius 1 is 1.19 bits per heavy atom. The minimum atomic E-state index is -1.05. The molecule has 1 aliphatic rings. The number of hydrogen-bond acceptors (Lipinski definition) is 3. The van der Waals surface area contributed by atoms with Gasteiger partial charge in [-0.05, 0) is 43.0 Å². The van der Waals surface area contributed by atoms with Crippen LogP contribution in [0.3, 0.4) is 0 Å². The second kappa shape index (κ2) is 7.59. The molecule has 1 unspecified atom stereocenters. The van der Waals surface area contributed by atoms with Crippen molar-refractivity contribution in [3.63, 3.8) is 0 Å². The van der Waals surface area contributed by atoms with Gasteiger partial charge in [-0.15, -0.1) is 0 Å². The van der Waals surface area contributed by atoms with Gasteiger partial charge in [0.1, 0.15) is 5.69 Å². The summed E-state index contributed by atoms with van der Waals surface area (Å²) in [5.74, 6) is -2.34. The zero-order chi connectivity index (χ0) is 18.7. The zero-order valence-electron chi connectivity index (χ0n) is 14.3. The van der Waals surface area contributed by atoms with E-state index in [1.807, 2.05) is 0 Å². The number of likely N-dealkylation sites (tertiary alicyclic amines) is 1. The summed E-state index contributed by atoms with van der Waals surface area (Å²) >= 11 is 0. The maximum atomic E-state index is 13.3. The zero-order valence-corrected chi connectivity index (χ0v) is 14.3. The highest BCUT2D eigenvalue weighted by Crippen LogP contribution is 2.18. The van der Waals surface area contributed by atoms with Gasteiger partial charge < -0.3 is 10.2 Å². The maximum absolute atomic E-state index is 13.3. The Bertz CT molecular complexity index is 841. The number of halogens is 2. The van der Waals surface area contributed by atoms with Gasteiger partial charge in [0.25, 0.3) is 11.8 Å². The van der Waals surface area contributed by atoms with E-state index >= 15 is 0 Å². The number of carbonyl (C=O) groups is 2. The Labute approximate surface area is 150 Å². The van der Waals surface area contributed by atoms with Gasteiger partial charge >= 0.3 is 0 Å². The topological polar surface area (TPSA) is 62.3 Å². The number of aromatic nitrogens is 1. The van der Waals surface area contributed by atoms with Gasteiger partial charge in [-0.1, -0.05) is 6.92 Å². The number of nitrogens with one attached hydrogen (secondary N) is 1. The molecular weight excluding hydrogens is 340 g/mol. The normalized spacial score (nSPS) is 17.0. The molecule has 0 aliphatic carbocycles. The van der Waals surface area contributed by atoms with Crippen LogP contribution in [0.5, 0.6) is 0 Å². The average molecular weight is 359 g/mol. The Kier molecular flexibility index (Phi) is 5.25. The van der Waals surface area contributed by atoms with Gasteiger partial charge in [-0.2, -0.15) is 0 Å². The first-order chi connectivity index (χ1) is 12.4. The molecule has 2 amide bonds. The molecule has 1 fully saturated rings. The summed E-state index contributed by atoms with van der Waals surface area (Å²) in [6, 6.07) is 5.97. The van der Waals surface area contributed by atoms with Crippen LogP contribution in [0.1, 0.15) is 40.6 Å². The smallest absolute Gasteiger partial charge is 0.272 e. The third-order valence-electron chi connectivity index (χ3n) is 4.36. The molecule has 1 saturated heterocycles. The predicted molar refractivity (Wildman–Crippen MR) is 92.8 cm³/mol. The number of nitrogens with zero attached hydrogens (tertiary/aromatic N) is 2. The molecule has 1 aromatic carbocycles. The molecule has 0 spiro atoms. The van der Waals surface area contributed by atoms with E-state index in [0.29, 0.717) is 19.0 Å². The first kappa shape index (κ1) is 18.0. The highest BCUT2D eigenvalue weighted by molar-refractivity contribution is 6.05. The molecule has 1 atom stereocenters. The molecule has 136 valence electrons. The van der Waals surface area contributed by atoms with E-state index in [4.69, 9.17) is 0 Å². The number of benzene rings is 1. The Morgan fingerprint density at radius 3 is 2.73 bits per heavy atom.